The van der Waals surface area contributed by atoms with E-state index < -0.39 is 28.3 Å². The van der Waals surface area contributed by atoms with E-state index >= 15 is 0 Å². The van der Waals surface area contributed by atoms with Gasteiger partial charge in [0.1, 0.15) is 0 Å². The van der Waals surface area contributed by atoms with Crippen molar-refractivity contribution >= 4 is 39.9 Å². The van der Waals surface area contributed by atoms with E-state index in [4.69, 9.17) is 20.9 Å². The van der Waals surface area contributed by atoms with Crippen LogP contribution in [-0.4, -0.2) is 33.0 Å². The van der Waals surface area contributed by atoms with Crippen LogP contribution < -0.4 is 10.2 Å². The Morgan fingerprint density at radius 1 is 1.14 bits per heavy atom. The fraction of sp³-hybridized carbons (Fsp3) is 0.538. The Morgan fingerprint density at radius 2 is 1.67 bits per heavy atom. The topological polar surface area (TPSA) is 64.6 Å². The summed E-state index contributed by atoms with van der Waals surface area (Å²) >= 11 is 6.01. The molecule has 0 aromatic heterocycles. The maximum atomic E-state index is 11.4. The molecule has 0 unspecified atom stereocenters. The van der Waals surface area contributed by atoms with Crippen molar-refractivity contribution in [2.75, 3.05) is 11.0 Å². The van der Waals surface area contributed by atoms with Gasteiger partial charge in [0.25, 0.3) is 0 Å². The lowest BCUT2D eigenvalue weighted by Gasteiger charge is -2.32. The van der Waals surface area contributed by atoms with Crippen molar-refractivity contribution in [1.29, 1.82) is 0 Å². The standard InChI is InChI=1S/C13H19BClNO4S/c1-12(2)13(3,4)20-14(19-12)9-6-7-10(15)11(8-9)16-21(5,17)18/h6-8,16H,1-5H3. The molecule has 1 aromatic rings. The molecule has 0 spiro atoms. The number of nitrogens with one attached hydrogen (secondary N) is 1. The smallest absolute Gasteiger partial charge is 0.399 e. The normalized spacial score (nSPS) is 20.6. The fourth-order valence-electron chi connectivity index (χ4n) is 1.95. The molecule has 1 N–H and O–H groups in total. The second kappa shape index (κ2) is 5.16. The molecule has 0 radical (unpaired) electrons. The van der Waals surface area contributed by atoms with Gasteiger partial charge in [0.15, 0.2) is 0 Å². The van der Waals surface area contributed by atoms with E-state index in [0.29, 0.717) is 16.2 Å². The molecule has 116 valence electrons. The Kier molecular flexibility index (Phi) is 4.08. The van der Waals surface area contributed by atoms with Gasteiger partial charge in [-0.25, -0.2) is 8.42 Å². The van der Waals surface area contributed by atoms with Gasteiger partial charge in [-0.15, -0.1) is 0 Å². The highest BCUT2D eigenvalue weighted by molar-refractivity contribution is 7.92. The first-order valence-electron chi connectivity index (χ1n) is 6.54. The molecular formula is C13H19BClNO4S. The van der Waals surface area contributed by atoms with Crippen LogP contribution in [0.25, 0.3) is 0 Å². The quantitative estimate of drug-likeness (QED) is 0.861. The minimum absolute atomic E-state index is 0.311. The molecule has 0 amide bonds. The van der Waals surface area contributed by atoms with Crippen LogP contribution in [0.15, 0.2) is 18.2 Å². The summed E-state index contributed by atoms with van der Waals surface area (Å²) in [6, 6.07) is 5.01. The molecule has 2 rings (SSSR count). The molecule has 0 saturated carbocycles. The van der Waals surface area contributed by atoms with Crippen molar-refractivity contribution < 1.29 is 17.7 Å². The van der Waals surface area contributed by atoms with Crippen molar-refractivity contribution in [3.63, 3.8) is 0 Å². The minimum Gasteiger partial charge on any atom is -0.399 e. The average Bonchev–Trinajstić information content (AvgIpc) is 2.49. The third-order valence-corrected chi connectivity index (χ3v) is 4.73. The molecule has 1 heterocycles. The summed E-state index contributed by atoms with van der Waals surface area (Å²) in [4.78, 5) is 0. The van der Waals surface area contributed by atoms with Crippen molar-refractivity contribution in [3.8, 4) is 0 Å². The first kappa shape index (κ1) is 16.6. The van der Waals surface area contributed by atoms with Crippen LogP contribution in [0.1, 0.15) is 27.7 Å². The third-order valence-electron chi connectivity index (χ3n) is 3.81. The zero-order valence-corrected chi connectivity index (χ0v) is 14.3. The molecule has 0 atom stereocenters. The summed E-state index contributed by atoms with van der Waals surface area (Å²) in [6.07, 6.45) is 1.07. The SMILES string of the molecule is CC1(C)OB(c2ccc(Cl)c(NS(C)(=O)=O)c2)OC1(C)C. The number of rotatable bonds is 3. The van der Waals surface area contributed by atoms with E-state index in [9.17, 15) is 8.42 Å². The summed E-state index contributed by atoms with van der Waals surface area (Å²) in [5.41, 5.74) is 0.110. The summed E-state index contributed by atoms with van der Waals surface area (Å²) in [6.45, 7) is 7.83. The zero-order chi connectivity index (χ0) is 16.1. The van der Waals surface area contributed by atoms with Gasteiger partial charge < -0.3 is 9.31 Å². The van der Waals surface area contributed by atoms with Crippen LogP contribution in [0.2, 0.25) is 5.02 Å². The summed E-state index contributed by atoms with van der Waals surface area (Å²) in [5, 5.41) is 0.320. The number of halogens is 1. The van der Waals surface area contributed by atoms with Gasteiger partial charge in [-0.3, -0.25) is 4.72 Å². The lowest BCUT2D eigenvalue weighted by Crippen LogP contribution is -2.41. The van der Waals surface area contributed by atoms with Crippen LogP contribution in [0.4, 0.5) is 5.69 Å². The van der Waals surface area contributed by atoms with E-state index in [1.165, 1.54) is 0 Å². The molecule has 21 heavy (non-hydrogen) atoms. The van der Waals surface area contributed by atoms with E-state index in [2.05, 4.69) is 4.72 Å². The molecule has 5 nitrogen and oxygen atoms in total. The predicted octanol–water partition coefficient (Wildman–Crippen LogP) is 2.01. The second-order valence-electron chi connectivity index (χ2n) is 6.20. The van der Waals surface area contributed by atoms with Crippen LogP contribution in [0.5, 0.6) is 0 Å². The average molecular weight is 332 g/mol. The number of hydrogen-bond donors (Lipinski definition) is 1. The zero-order valence-electron chi connectivity index (χ0n) is 12.7. The number of hydrogen-bond acceptors (Lipinski definition) is 4. The van der Waals surface area contributed by atoms with Gasteiger partial charge in [-0.2, -0.15) is 0 Å². The van der Waals surface area contributed by atoms with E-state index in [1.54, 1.807) is 18.2 Å². The lowest BCUT2D eigenvalue weighted by molar-refractivity contribution is 0.00578. The molecular weight excluding hydrogens is 312 g/mol. The van der Waals surface area contributed by atoms with Crippen LogP contribution in [-0.2, 0) is 19.3 Å². The Bertz CT molecular complexity index is 644. The third kappa shape index (κ3) is 3.53. The minimum atomic E-state index is -3.40. The maximum absolute atomic E-state index is 11.4. The highest BCUT2D eigenvalue weighted by Gasteiger charge is 2.51. The highest BCUT2D eigenvalue weighted by Crippen LogP contribution is 2.36. The summed E-state index contributed by atoms with van der Waals surface area (Å²) < 4.78 is 37.0. The lowest BCUT2D eigenvalue weighted by atomic mass is 9.79. The van der Waals surface area contributed by atoms with E-state index in [-0.39, 0.29) is 0 Å². The Labute approximate surface area is 131 Å². The van der Waals surface area contributed by atoms with Crippen LogP contribution in [0.3, 0.4) is 0 Å². The molecule has 1 aliphatic heterocycles. The number of anilines is 1. The van der Waals surface area contributed by atoms with Gasteiger partial charge >= 0.3 is 7.12 Å². The van der Waals surface area contributed by atoms with Crippen LogP contribution >= 0.6 is 11.6 Å². The van der Waals surface area contributed by atoms with Gasteiger partial charge in [-0.1, -0.05) is 17.7 Å². The first-order valence-corrected chi connectivity index (χ1v) is 8.81. The summed E-state index contributed by atoms with van der Waals surface area (Å²) in [7, 11) is -3.96. The second-order valence-corrected chi connectivity index (χ2v) is 8.36. The Hall–Kier alpha value is -0.755. The molecule has 1 aromatic carbocycles. The monoisotopic (exact) mass is 331 g/mol. The molecule has 1 saturated heterocycles. The van der Waals surface area contributed by atoms with E-state index in [1.807, 2.05) is 27.7 Å². The van der Waals surface area contributed by atoms with Gasteiger partial charge in [0.2, 0.25) is 10.0 Å². The molecule has 0 aliphatic carbocycles. The summed E-state index contributed by atoms with van der Waals surface area (Å²) in [5.74, 6) is 0. The maximum Gasteiger partial charge on any atom is 0.494 e. The number of benzene rings is 1. The van der Waals surface area contributed by atoms with Gasteiger partial charge in [0.05, 0.1) is 28.2 Å². The first-order chi connectivity index (χ1) is 9.41. The van der Waals surface area contributed by atoms with Crippen LogP contribution in [0, 0.1) is 0 Å². The molecule has 1 aliphatic rings. The Morgan fingerprint density at radius 3 is 2.14 bits per heavy atom. The van der Waals surface area contributed by atoms with Crippen molar-refractivity contribution in [3.05, 3.63) is 23.2 Å². The van der Waals surface area contributed by atoms with Gasteiger partial charge in [-0.05, 0) is 45.3 Å². The van der Waals surface area contributed by atoms with Crippen molar-refractivity contribution in [2.45, 2.75) is 38.9 Å². The largest absolute Gasteiger partial charge is 0.494 e. The van der Waals surface area contributed by atoms with E-state index in [0.717, 1.165) is 6.26 Å². The highest BCUT2D eigenvalue weighted by atomic mass is 35.5. The molecule has 1 fully saturated rings. The van der Waals surface area contributed by atoms with Crippen molar-refractivity contribution in [1.82, 2.24) is 0 Å². The predicted molar refractivity (Wildman–Crippen MR) is 85.6 cm³/mol. The molecule has 0 bridgehead atoms. The molecule has 8 heteroatoms. The van der Waals surface area contributed by atoms with Crippen molar-refractivity contribution in [2.24, 2.45) is 0 Å². The fourth-order valence-corrected chi connectivity index (χ4v) is 2.74. The Balaban J connectivity index is 2.33. The van der Waals surface area contributed by atoms with Gasteiger partial charge in [0, 0.05) is 0 Å². The number of sulfonamides is 1.